The summed E-state index contributed by atoms with van der Waals surface area (Å²) in [5, 5.41) is 3.54. The van der Waals surface area contributed by atoms with Gasteiger partial charge in [0.15, 0.2) is 0 Å². The fraction of sp³-hybridized carbons (Fsp3) is 0.625. The van der Waals surface area contributed by atoms with E-state index >= 15 is 0 Å². The molecule has 2 heteroatoms. The number of nitrogens with one attached hydrogen (secondary N) is 1. The maximum atomic E-state index is 5.41. The van der Waals surface area contributed by atoms with Crippen molar-refractivity contribution < 1.29 is 4.74 Å². The molecule has 102 valence electrons. The Morgan fingerprint density at radius 1 is 1.22 bits per heavy atom. The molecule has 0 saturated carbocycles. The van der Waals surface area contributed by atoms with Crippen molar-refractivity contribution >= 4 is 5.69 Å². The molecule has 0 spiro atoms. The monoisotopic (exact) mass is 249 g/mol. The Kier molecular flexibility index (Phi) is 6.63. The van der Waals surface area contributed by atoms with Crippen LogP contribution in [0.1, 0.15) is 51.5 Å². The highest BCUT2D eigenvalue weighted by atomic mass is 16.5. The van der Waals surface area contributed by atoms with Gasteiger partial charge in [0.1, 0.15) is 5.75 Å². The van der Waals surface area contributed by atoms with Crippen LogP contribution in [-0.4, -0.2) is 13.2 Å². The van der Waals surface area contributed by atoms with Gasteiger partial charge in [-0.05, 0) is 38.0 Å². The summed E-state index contributed by atoms with van der Waals surface area (Å²) < 4.78 is 5.41. The van der Waals surface area contributed by atoms with Crippen molar-refractivity contribution in [2.45, 2.75) is 58.9 Å². The average molecular weight is 249 g/mol. The molecule has 0 aliphatic carbocycles. The van der Waals surface area contributed by atoms with E-state index in [4.69, 9.17) is 4.74 Å². The summed E-state index contributed by atoms with van der Waals surface area (Å²) >= 11 is 0. The SMILES string of the molecule is CCCCCCC(C)Nc1ccc(C)cc1OC. The Bertz CT molecular complexity index is 349. The highest BCUT2D eigenvalue weighted by molar-refractivity contribution is 5.58. The molecule has 0 aliphatic heterocycles. The van der Waals surface area contributed by atoms with Gasteiger partial charge in [0.05, 0.1) is 12.8 Å². The molecule has 0 bridgehead atoms. The topological polar surface area (TPSA) is 21.3 Å². The predicted octanol–water partition coefficient (Wildman–Crippen LogP) is 4.77. The fourth-order valence-electron chi connectivity index (χ4n) is 2.13. The summed E-state index contributed by atoms with van der Waals surface area (Å²) in [4.78, 5) is 0. The summed E-state index contributed by atoms with van der Waals surface area (Å²) in [5.41, 5.74) is 2.33. The molecular formula is C16H27NO. The van der Waals surface area contributed by atoms with Crippen molar-refractivity contribution in [3.63, 3.8) is 0 Å². The highest BCUT2D eigenvalue weighted by Gasteiger charge is 2.06. The lowest BCUT2D eigenvalue weighted by Gasteiger charge is -2.17. The van der Waals surface area contributed by atoms with Crippen LogP contribution in [0.25, 0.3) is 0 Å². The van der Waals surface area contributed by atoms with Crippen molar-refractivity contribution in [2.24, 2.45) is 0 Å². The van der Waals surface area contributed by atoms with E-state index < -0.39 is 0 Å². The van der Waals surface area contributed by atoms with Gasteiger partial charge in [-0.15, -0.1) is 0 Å². The first kappa shape index (κ1) is 14.9. The van der Waals surface area contributed by atoms with E-state index in [1.807, 2.05) is 0 Å². The van der Waals surface area contributed by atoms with E-state index in [-0.39, 0.29) is 0 Å². The van der Waals surface area contributed by atoms with Crippen molar-refractivity contribution in [2.75, 3.05) is 12.4 Å². The molecule has 0 aliphatic rings. The molecule has 1 aromatic carbocycles. The molecule has 1 atom stereocenters. The average Bonchev–Trinajstić information content (AvgIpc) is 2.37. The second-order valence-electron chi connectivity index (χ2n) is 5.10. The molecule has 1 unspecified atom stereocenters. The fourth-order valence-corrected chi connectivity index (χ4v) is 2.13. The van der Waals surface area contributed by atoms with Crippen LogP contribution in [0, 0.1) is 6.92 Å². The zero-order valence-corrected chi connectivity index (χ0v) is 12.3. The Hall–Kier alpha value is -1.18. The number of aryl methyl sites for hydroxylation is 1. The van der Waals surface area contributed by atoms with Gasteiger partial charge in [-0.25, -0.2) is 0 Å². The third-order valence-corrected chi connectivity index (χ3v) is 3.25. The zero-order chi connectivity index (χ0) is 13.4. The van der Waals surface area contributed by atoms with Crippen molar-refractivity contribution in [1.82, 2.24) is 0 Å². The second kappa shape index (κ2) is 8.02. The maximum absolute atomic E-state index is 5.41. The van der Waals surface area contributed by atoms with E-state index in [9.17, 15) is 0 Å². The van der Waals surface area contributed by atoms with Crippen LogP contribution in [0.5, 0.6) is 5.75 Å². The van der Waals surface area contributed by atoms with Gasteiger partial charge >= 0.3 is 0 Å². The van der Waals surface area contributed by atoms with Crippen molar-refractivity contribution in [3.05, 3.63) is 23.8 Å². The number of rotatable bonds is 8. The summed E-state index contributed by atoms with van der Waals surface area (Å²) in [5.74, 6) is 0.940. The lowest BCUT2D eigenvalue weighted by molar-refractivity contribution is 0.415. The Balaban J connectivity index is 2.45. The number of anilines is 1. The molecule has 0 saturated heterocycles. The molecule has 0 aromatic heterocycles. The van der Waals surface area contributed by atoms with Crippen LogP contribution < -0.4 is 10.1 Å². The Morgan fingerprint density at radius 2 is 2.00 bits per heavy atom. The molecule has 2 nitrogen and oxygen atoms in total. The standard InChI is InChI=1S/C16H27NO/c1-5-6-7-8-9-14(3)17-15-11-10-13(2)12-16(15)18-4/h10-12,14,17H,5-9H2,1-4H3. The van der Waals surface area contributed by atoms with Gasteiger partial charge in [0.2, 0.25) is 0 Å². The Labute approximate surface area is 112 Å². The number of ether oxygens (including phenoxy) is 1. The minimum atomic E-state index is 0.499. The summed E-state index contributed by atoms with van der Waals surface area (Å²) in [7, 11) is 1.73. The van der Waals surface area contributed by atoms with E-state index in [0.717, 1.165) is 11.4 Å². The van der Waals surface area contributed by atoms with Gasteiger partial charge in [0, 0.05) is 6.04 Å². The van der Waals surface area contributed by atoms with Crippen molar-refractivity contribution in [3.8, 4) is 5.75 Å². The number of unbranched alkanes of at least 4 members (excludes halogenated alkanes) is 3. The summed E-state index contributed by atoms with van der Waals surface area (Å²) in [6.07, 6.45) is 6.51. The smallest absolute Gasteiger partial charge is 0.142 e. The van der Waals surface area contributed by atoms with Crippen LogP contribution >= 0.6 is 0 Å². The molecule has 0 amide bonds. The first-order valence-electron chi connectivity index (χ1n) is 7.08. The van der Waals surface area contributed by atoms with Gasteiger partial charge in [-0.3, -0.25) is 0 Å². The first-order chi connectivity index (χ1) is 8.67. The number of hydrogen-bond donors (Lipinski definition) is 1. The third kappa shape index (κ3) is 4.99. The van der Waals surface area contributed by atoms with E-state index in [0.29, 0.717) is 6.04 Å². The normalized spacial score (nSPS) is 12.2. The minimum Gasteiger partial charge on any atom is -0.495 e. The Morgan fingerprint density at radius 3 is 2.67 bits per heavy atom. The van der Waals surface area contributed by atoms with Crippen molar-refractivity contribution in [1.29, 1.82) is 0 Å². The number of methoxy groups -OCH3 is 1. The van der Waals surface area contributed by atoms with Gasteiger partial charge in [-0.2, -0.15) is 0 Å². The molecular weight excluding hydrogens is 222 g/mol. The van der Waals surface area contributed by atoms with E-state index in [2.05, 4.69) is 44.3 Å². The molecule has 1 aromatic rings. The summed E-state index contributed by atoms with van der Waals surface area (Å²) in [6.45, 7) is 6.57. The number of benzene rings is 1. The highest BCUT2D eigenvalue weighted by Crippen LogP contribution is 2.26. The maximum Gasteiger partial charge on any atom is 0.142 e. The first-order valence-corrected chi connectivity index (χ1v) is 7.08. The largest absolute Gasteiger partial charge is 0.495 e. The molecule has 0 radical (unpaired) electrons. The quantitative estimate of drug-likeness (QED) is 0.670. The van der Waals surface area contributed by atoms with Crippen LogP contribution in [-0.2, 0) is 0 Å². The van der Waals surface area contributed by atoms with E-state index in [1.165, 1.54) is 37.7 Å². The lowest BCUT2D eigenvalue weighted by Crippen LogP contribution is -2.15. The third-order valence-electron chi connectivity index (χ3n) is 3.25. The number of hydrogen-bond acceptors (Lipinski definition) is 2. The van der Waals surface area contributed by atoms with Crippen LogP contribution in [0.2, 0.25) is 0 Å². The van der Waals surface area contributed by atoms with Gasteiger partial charge in [0.25, 0.3) is 0 Å². The molecule has 0 heterocycles. The van der Waals surface area contributed by atoms with E-state index in [1.54, 1.807) is 7.11 Å². The molecule has 1 rings (SSSR count). The molecule has 1 N–H and O–H groups in total. The van der Waals surface area contributed by atoms with Crippen LogP contribution in [0.3, 0.4) is 0 Å². The van der Waals surface area contributed by atoms with Gasteiger partial charge in [-0.1, -0.05) is 38.7 Å². The minimum absolute atomic E-state index is 0.499. The second-order valence-corrected chi connectivity index (χ2v) is 5.10. The summed E-state index contributed by atoms with van der Waals surface area (Å²) in [6, 6.07) is 6.80. The molecule has 0 fully saturated rings. The van der Waals surface area contributed by atoms with Crippen LogP contribution in [0.4, 0.5) is 5.69 Å². The molecule has 18 heavy (non-hydrogen) atoms. The predicted molar refractivity (Wildman–Crippen MR) is 79.6 cm³/mol. The van der Waals surface area contributed by atoms with Gasteiger partial charge < -0.3 is 10.1 Å². The van der Waals surface area contributed by atoms with Crippen LogP contribution in [0.15, 0.2) is 18.2 Å². The lowest BCUT2D eigenvalue weighted by atomic mass is 10.1. The zero-order valence-electron chi connectivity index (χ0n) is 12.3.